The number of methoxy groups -OCH3 is 1. The maximum absolute atomic E-state index is 14.0. The van der Waals surface area contributed by atoms with Gasteiger partial charge in [-0.2, -0.15) is 0 Å². The molecule has 1 aromatic heterocycles. The van der Waals surface area contributed by atoms with E-state index in [0.29, 0.717) is 22.8 Å². The van der Waals surface area contributed by atoms with Gasteiger partial charge < -0.3 is 14.8 Å². The molecular formula is C24H21F4N3O3. The number of aryl methyl sites for hydroxylation is 1. The Labute approximate surface area is 192 Å². The molecule has 178 valence electrons. The molecule has 1 aliphatic carbocycles. The van der Waals surface area contributed by atoms with Crippen molar-refractivity contribution in [2.75, 3.05) is 19.0 Å². The van der Waals surface area contributed by atoms with Gasteiger partial charge in [0, 0.05) is 24.3 Å². The van der Waals surface area contributed by atoms with Gasteiger partial charge in [-0.3, -0.25) is 4.79 Å². The third kappa shape index (κ3) is 4.72. The molecule has 0 radical (unpaired) electrons. The number of carbonyl (C=O) groups excluding carboxylic acids is 1. The van der Waals surface area contributed by atoms with Crippen molar-refractivity contribution in [1.82, 2.24) is 9.97 Å². The number of aromatic nitrogens is 2. The fourth-order valence-corrected chi connectivity index (χ4v) is 3.89. The van der Waals surface area contributed by atoms with Crippen LogP contribution in [0, 0.1) is 36.1 Å². The highest BCUT2D eigenvalue weighted by molar-refractivity contribution is 5.96. The number of ether oxygens (including phenoxy) is 2. The van der Waals surface area contributed by atoms with Crippen molar-refractivity contribution in [3.8, 4) is 5.75 Å². The second-order valence-electron chi connectivity index (χ2n) is 8.11. The van der Waals surface area contributed by atoms with E-state index in [0.717, 1.165) is 24.3 Å². The summed E-state index contributed by atoms with van der Waals surface area (Å²) >= 11 is 0. The van der Waals surface area contributed by atoms with Crippen LogP contribution in [-0.4, -0.2) is 29.6 Å². The normalized spacial score (nSPS) is 19.1. The molecule has 4 rings (SSSR count). The Bertz CT molecular complexity index is 1240. The number of halogens is 4. The lowest BCUT2D eigenvalue weighted by atomic mass is 9.93. The molecule has 10 heteroatoms. The Morgan fingerprint density at radius 2 is 1.79 bits per heavy atom. The highest BCUT2D eigenvalue weighted by atomic mass is 19.2. The lowest BCUT2D eigenvalue weighted by Crippen LogP contribution is -2.27. The Morgan fingerprint density at radius 1 is 1.09 bits per heavy atom. The lowest BCUT2D eigenvalue weighted by molar-refractivity contribution is -0.117. The highest BCUT2D eigenvalue weighted by Gasteiger charge is 2.60. The summed E-state index contributed by atoms with van der Waals surface area (Å²) in [4.78, 5) is 21.4. The minimum Gasteiger partial charge on any atom is -0.489 e. The SMILES string of the molecule is COCc1nc(C)ncc1OC[C@@]1(c2ccc(F)c(F)c2)C[C@H]1C(=O)Nc1ccc(F)c(F)c1. The van der Waals surface area contributed by atoms with Crippen molar-refractivity contribution in [3.63, 3.8) is 0 Å². The number of amides is 1. The number of nitrogens with zero attached hydrogens (tertiary/aromatic N) is 2. The number of hydrogen-bond acceptors (Lipinski definition) is 5. The Morgan fingerprint density at radius 3 is 2.47 bits per heavy atom. The average Bonchev–Trinajstić information content (AvgIpc) is 3.54. The van der Waals surface area contributed by atoms with Crippen molar-refractivity contribution >= 4 is 11.6 Å². The van der Waals surface area contributed by atoms with E-state index < -0.39 is 40.5 Å². The smallest absolute Gasteiger partial charge is 0.228 e. The average molecular weight is 475 g/mol. The third-order valence-corrected chi connectivity index (χ3v) is 5.79. The number of carbonyl (C=O) groups is 1. The summed E-state index contributed by atoms with van der Waals surface area (Å²) < 4.78 is 65.4. The fraction of sp³-hybridized carbons (Fsp3) is 0.292. The van der Waals surface area contributed by atoms with Crippen molar-refractivity contribution in [3.05, 3.63) is 82.9 Å². The van der Waals surface area contributed by atoms with Crippen LogP contribution in [0.3, 0.4) is 0 Å². The van der Waals surface area contributed by atoms with Crippen LogP contribution in [0.1, 0.15) is 23.5 Å². The first kappa shape index (κ1) is 23.6. The summed E-state index contributed by atoms with van der Waals surface area (Å²) in [7, 11) is 1.50. The van der Waals surface area contributed by atoms with Crippen LogP contribution in [-0.2, 0) is 21.6 Å². The first-order chi connectivity index (χ1) is 16.2. The van der Waals surface area contributed by atoms with Crippen molar-refractivity contribution < 1.29 is 31.8 Å². The predicted molar refractivity (Wildman–Crippen MR) is 114 cm³/mol. The van der Waals surface area contributed by atoms with Gasteiger partial charge in [0.15, 0.2) is 29.0 Å². The van der Waals surface area contributed by atoms with E-state index in [2.05, 4.69) is 15.3 Å². The van der Waals surface area contributed by atoms with Gasteiger partial charge >= 0.3 is 0 Å². The number of nitrogens with one attached hydrogen (secondary N) is 1. The molecule has 1 fully saturated rings. The zero-order valence-corrected chi connectivity index (χ0v) is 18.4. The molecule has 3 aromatic rings. The van der Waals surface area contributed by atoms with Crippen LogP contribution >= 0.6 is 0 Å². The Balaban J connectivity index is 1.60. The van der Waals surface area contributed by atoms with Crippen LogP contribution < -0.4 is 10.1 Å². The predicted octanol–water partition coefficient (Wildman–Crippen LogP) is 4.46. The maximum atomic E-state index is 14.0. The summed E-state index contributed by atoms with van der Waals surface area (Å²) in [6.07, 6.45) is 1.74. The zero-order chi connectivity index (χ0) is 24.5. The minimum absolute atomic E-state index is 0.0585. The second kappa shape index (κ2) is 9.38. The van der Waals surface area contributed by atoms with Gasteiger partial charge in [0.1, 0.15) is 11.5 Å². The molecule has 1 heterocycles. The summed E-state index contributed by atoms with van der Waals surface area (Å²) in [6, 6.07) is 6.42. The van der Waals surface area contributed by atoms with Gasteiger partial charge in [0.05, 0.1) is 25.3 Å². The van der Waals surface area contributed by atoms with Crippen molar-refractivity contribution in [2.24, 2.45) is 5.92 Å². The van der Waals surface area contributed by atoms with E-state index in [-0.39, 0.29) is 25.3 Å². The van der Waals surface area contributed by atoms with E-state index in [9.17, 15) is 22.4 Å². The van der Waals surface area contributed by atoms with Gasteiger partial charge in [-0.25, -0.2) is 27.5 Å². The molecule has 0 bridgehead atoms. The van der Waals surface area contributed by atoms with Crippen molar-refractivity contribution in [1.29, 1.82) is 0 Å². The molecular weight excluding hydrogens is 454 g/mol. The summed E-state index contributed by atoms with van der Waals surface area (Å²) in [5.41, 5.74) is -0.0332. The molecule has 6 nitrogen and oxygen atoms in total. The quantitative estimate of drug-likeness (QED) is 0.487. The summed E-state index contributed by atoms with van der Waals surface area (Å²) in [5.74, 6) is -4.54. The molecule has 1 N–H and O–H groups in total. The molecule has 0 aliphatic heterocycles. The lowest BCUT2D eigenvalue weighted by Gasteiger charge is -2.20. The molecule has 1 amide bonds. The summed E-state index contributed by atoms with van der Waals surface area (Å²) in [6.45, 7) is 1.82. The first-order valence-corrected chi connectivity index (χ1v) is 10.4. The van der Waals surface area contributed by atoms with Crippen LogP contribution in [0.5, 0.6) is 5.75 Å². The van der Waals surface area contributed by atoms with E-state index in [1.54, 1.807) is 6.92 Å². The third-order valence-electron chi connectivity index (χ3n) is 5.79. The molecule has 0 unspecified atom stereocenters. The fourth-order valence-electron chi connectivity index (χ4n) is 3.89. The molecule has 2 aromatic carbocycles. The van der Waals surface area contributed by atoms with Crippen LogP contribution in [0.15, 0.2) is 42.6 Å². The molecule has 2 atom stereocenters. The van der Waals surface area contributed by atoms with E-state index in [1.165, 1.54) is 25.4 Å². The monoisotopic (exact) mass is 475 g/mol. The van der Waals surface area contributed by atoms with Crippen LogP contribution in [0.4, 0.5) is 23.2 Å². The molecule has 0 saturated heterocycles. The number of anilines is 1. The molecule has 0 spiro atoms. The second-order valence-corrected chi connectivity index (χ2v) is 8.11. The zero-order valence-electron chi connectivity index (χ0n) is 18.4. The highest BCUT2D eigenvalue weighted by Crippen LogP contribution is 2.55. The van der Waals surface area contributed by atoms with E-state index in [1.807, 2.05) is 0 Å². The minimum atomic E-state index is -1.10. The van der Waals surface area contributed by atoms with Gasteiger partial charge in [-0.15, -0.1) is 0 Å². The van der Waals surface area contributed by atoms with Gasteiger partial charge in [-0.1, -0.05) is 6.07 Å². The summed E-state index contributed by atoms with van der Waals surface area (Å²) in [5, 5.41) is 2.55. The largest absolute Gasteiger partial charge is 0.489 e. The molecule has 34 heavy (non-hydrogen) atoms. The molecule has 1 saturated carbocycles. The van der Waals surface area contributed by atoms with Crippen molar-refractivity contribution in [2.45, 2.75) is 25.4 Å². The van der Waals surface area contributed by atoms with Gasteiger partial charge in [0.2, 0.25) is 5.91 Å². The van der Waals surface area contributed by atoms with Crippen LogP contribution in [0.2, 0.25) is 0 Å². The topological polar surface area (TPSA) is 73.3 Å². The Kier molecular flexibility index (Phi) is 6.52. The van der Waals surface area contributed by atoms with E-state index >= 15 is 0 Å². The maximum Gasteiger partial charge on any atom is 0.228 e. The number of benzene rings is 2. The first-order valence-electron chi connectivity index (χ1n) is 10.4. The van der Waals surface area contributed by atoms with E-state index in [4.69, 9.17) is 9.47 Å². The number of rotatable bonds is 8. The van der Waals surface area contributed by atoms with Gasteiger partial charge in [-0.05, 0) is 43.2 Å². The molecule has 1 aliphatic rings. The standard InChI is InChI=1S/C24H21F4N3O3/c1-13-29-10-22(21(30-13)11-33-2)34-12-24(14-3-5-17(25)19(27)7-14)9-16(24)23(32)31-15-4-6-18(26)20(28)8-15/h3-8,10,16H,9,11-12H2,1-2H3,(H,31,32)/t16-,24+/m0/s1. The Hall–Kier alpha value is -3.53. The van der Waals surface area contributed by atoms with Crippen LogP contribution in [0.25, 0.3) is 0 Å². The number of hydrogen-bond donors (Lipinski definition) is 1. The van der Waals surface area contributed by atoms with Gasteiger partial charge in [0.25, 0.3) is 0 Å².